The van der Waals surface area contributed by atoms with Crippen LogP contribution in [0.1, 0.15) is 37.7 Å². The maximum absolute atomic E-state index is 14.0. The first-order chi connectivity index (χ1) is 14.9. The van der Waals surface area contributed by atoms with E-state index in [1.165, 1.54) is 18.2 Å². The van der Waals surface area contributed by atoms with Gasteiger partial charge in [-0.2, -0.15) is 0 Å². The second-order valence-electron chi connectivity index (χ2n) is 7.24. The molecule has 0 atom stereocenters. The number of pyridine rings is 1. The molecule has 2 aromatic carbocycles. The van der Waals surface area contributed by atoms with Gasteiger partial charge in [0.15, 0.2) is 0 Å². The van der Waals surface area contributed by atoms with E-state index in [9.17, 15) is 14.0 Å². The highest BCUT2D eigenvalue weighted by Crippen LogP contribution is 2.22. The predicted octanol–water partition coefficient (Wildman–Crippen LogP) is 4.27. The van der Waals surface area contributed by atoms with Gasteiger partial charge >= 0.3 is 0 Å². The maximum Gasteiger partial charge on any atom is 0.258 e. The van der Waals surface area contributed by atoms with Gasteiger partial charge < -0.3 is 15.0 Å². The number of carbonyl (C=O) groups is 2. The molecular weight excluding hydrogens is 395 g/mol. The van der Waals surface area contributed by atoms with Crippen LogP contribution in [0.3, 0.4) is 0 Å². The Labute approximate surface area is 178 Å². The van der Waals surface area contributed by atoms with Gasteiger partial charge in [0.25, 0.3) is 11.8 Å². The first-order valence-electron chi connectivity index (χ1n) is 9.81. The second kappa shape index (κ2) is 8.39. The lowest BCUT2D eigenvalue weighted by molar-refractivity contribution is 0.0951. The lowest BCUT2D eigenvalue weighted by atomic mass is 10.1. The zero-order valence-electron chi connectivity index (χ0n) is 17.1. The molecule has 2 heterocycles. The Hall–Kier alpha value is -4.00. The fourth-order valence-corrected chi connectivity index (χ4v) is 3.40. The summed E-state index contributed by atoms with van der Waals surface area (Å²) in [4.78, 5) is 30.0. The third-order valence-electron chi connectivity index (χ3n) is 5.05. The highest BCUT2D eigenvalue weighted by molar-refractivity contribution is 6.09. The highest BCUT2D eigenvalue weighted by Gasteiger charge is 2.18. The Morgan fingerprint density at radius 2 is 1.68 bits per heavy atom. The number of halogens is 1. The lowest BCUT2D eigenvalue weighted by Gasteiger charge is -2.14. The van der Waals surface area contributed by atoms with Crippen LogP contribution in [-0.2, 0) is 6.54 Å². The molecule has 0 bridgehead atoms. The first kappa shape index (κ1) is 20.3. The molecule has 4 aromatic rings. The summed E-state index contributed by atoms with van der Waals surface area (Å²) >= 11 is 0. The molecule has 0 aliphatic heterocycles. The van der Waals surface area contributed by atoms with E-state index in [0.717, 1.165) is 11.3 Å². The molecule has 0 fully saturated rings. The van der Waals surface area contributed by atoms with Gasteiger partial charge in [-0.25, -0.2) is 9.37 Å². The minimum Gasteiger partial charge on any atom is -0.346 e. The zero-order valence-corrected chi connectivity index (χ0v) is 17.1. The molecule has 0 radical (unpaired) electrons. The summed E-state index contributed by atoms with van der Waals surface area (Å²) < 4.78 is 15.9. The van der Waals surface area contributed by atoms with Crippen molar-refractivity contribution in [2.24, 2.45) is 0 Å². The smallest absolute Gasteiger partial charge is 0.258 e. The standard InChI is InChI=1S/C24H21FN4O2/c1-15-7-5-10-19(22(15)28-24(31)18-9-3-4-11-20(18)25)23(30)26-13-17-14-29-16(2)8-6-12-21(29)27-17/h3-12,14H,13H2,1-2H3,(H,26,30)(H,28,31). The number of imidazole rings is 1. The summed E-state index contributed by atoms with van der Waals surface area (Å²) in [5.74, 6) is -1.60. The topological polar surface area (TPSA) is 75.5 Å². The normalized spacial score (nSPS) is 10.8. The van der Waals surface area contributed by atoms with Crippen molar-refractivity contribution in [3.63, 3.8) is 0 Å². The van der Waals surface area contributed by atoms with Crippen LogP contribution in [0.25, 0.3) is 5.65 Å². The van der Waals surface area contributed by atoms with E-state index in [-0.39, 0.29) is 18.0 Å². The van der Waals surface area contributed by atoms with Gasteiger partial charge in [0, 0.05) is 11.9 Å². The molecule has 0 spiro atoms. The van der Waals surface area contributed by atoms with Gasteiger partial charge in [0.1, 0.15) is 11.5 Å². The Kier molecular flexibility index (Phi) is 5.49. The number of benzene rings is 2. The number of anilines is 1. The van der Waals surface area contributed by atoms with Gasteiger partial charge in [0.05, 0.1) is 29.1 Å². The van der Waals surface area contributed by atoms with Crippen LogP contribution in [0.5, 0.6) is 0 Å². The summed E-state index contributed by atoms with van der Waals surface area (Å²) in [6.07, 6.45) is 1.88. The molecule has 4 rings (SSSR count). The van der Waals surface area contributed by atoms with Gasteiger partial charge in [-0.15, -0.1) is 0 Å². The number of para-hydroxylation sites is 1. The Balaban J connectivity index is 1.54. The van der Waals surface area contributed by atoms with E-state index in [1.807, 2.05) is 35.7 Å². The molecule has 0 aliphatic carbocycles. The fraction of sp³-hybridized carbons (Fsp3) is 0.125. The molecule has 0 unspecified atom stereocenters. The molecule has 0 saturated heterocycles. The molecule has 6 nitrogen and oxygen atoms in total. The Morgan fingerprint density at radius 3 is 2.45 bits per heavy atom. The van der Waals surface area contributed by atoms with Crippen LogP contribution in [0, 0.1) is 19.7 Å². The van der Waals surface area contributed by atoms with Crippen molar-refractivity contribution in [1.29, 1.82) is 0 Å². The SMILES string of the molecule is Cc1cccc(C(=O)NCc2cn3c(C)cccc3n2)c1NC(=O)c1ccccc1F. The summed E-state index contributed by atoms with van der Waals surface area (Å²) in [6, 6.07) is 16.6. The first-order valence-corrected chi connectivity index (χ1v) is 9.81. The molecule has 2 amide bonds. The van der Waals surface area contributed by atoms with Crippen LogP contribution in [0.2, 0.25) is 0 Å². The quantitative estimate of drug-likeness (QED) is 0.510. The summed E-state index contributed by atoms with van der Waals surface area (Å²) in [6.45, 7) is 3.99. The number of aryl methyl sites for hydroxylation is 2. The van der Waals surface area contributed by atoms with Crippen molar-refractivity contribution in [3.8, 4) is 0 Å². The number of nitrogens with one attached hydrogen (secondary N) is 2. The number of aromatic nitrogens is 2. The predicted molar refractivity (Wildman–Crippen MR) is 117 cm³/mol. The molecule has 156 valence electrons. The van der Waals surface area contributed by atoms with Crippen LogP contribution < -0.4 is 10.6 Å². The Bertz CT molecular complexity index is 1300. The second-order valence-corrected chi connectivity index (χ2v) is 7.24. The summed E-state index contributed by atoms with van der Waals surface area (Å²) in [7, 11) is 0. The summed E-state index contributed by atoms with van der Waals surface area (Å²) in [5, 5.41) is 5.53. The number of hydrogen-bond acceptors (Lipinski definition) is 3. The molecular formula is C24H21FN4O2. The third kappa shape index (κ3) is 4.16. The zero-order chi connectivity index (χ0) is 22.0. The van der Waals surface area contributed by atoms with Crippen molar-refractivity contribution in [2.75, 3.05) is 5.32 Å². The molecule has 31 heavy (non-hydrogen) atoms. The fourth-order valence-electron chi connectivity index (χ4n) is 3.40. The highest BCUT2D eigenvalue weighted by atomic mass is 19.1. The lowest BCUT2D eigenvalue weighted by Crippen LogP contribution is -2.25. The number of fused-ring (bicyclic) bond motifs is 1. The van der Waals surface area contributed by atoms with Crippen LogP contribution in [0.15, 0.2) is 66.9 Å². The van der Waals surface area contributed by atoms with E-state index in [1.54, 1.807) is 31.2 Å². The molecule has 7 heteroatoms. The minimum absolute atomic E-state index is 0.0859. The van der Waals surface area contributed by atoms with Gasteiger partial charge in [-0.3, -0.25) is 9.59 Å². The number of amides is 2. The van der Waals surface area contributed by atoms with E-state index in [4.69, 9.17) is 0 Å². The number of hydrogen-bond donors (Lipinski definition) is 2. The number of nitrogens with zero attached hydrogens (tertiary/aromatic N) is 2. The van der Waals surface area contributed by atoms with Crippen LogP contribution in [0.4, 0.5) is 10.1 Å². The van der Waals surface area contributed by atoms with Crippen LogP contribution >= 0.6 is 0 Å². The van der Waals surface area contributed by atoms with Crippen molar-refractivity contribution in [3.05, 3.63) is 101 Å². The minimum atomic E-state index is -0.623. The van der Waals surface area contributed by atoms with Crippen molar-refractivity contribution in [1.82, 2.24) is 14.7 Å². The number of rotatable bonds is 5. The van der Waals surface area contributed by atoms with E-state index >= 15 is 0 Å². The largest absolute Gasteiger partial charge is 0.346 e. The third-order valence-corrected chi connectivity index (χ3v) is 5.05. The molecule has 2 N–H and O–H groups in total. The van der Waals surface area contributed by atoms with E-state index < -0.39 is 11.7 Å². The van der Waals surface area contributed by atoms with E-state index in [2.05, 4.69) is 15.6 Å². The average Bonchev–Trinajstić information content (AvgIpc) is 3.18. The average molecular weight is 416 g/mol. The van der Waals surface area contributed by atoms with Gasteiger partial charge in [0.2, 0.25) is 0 Å². The number of carbonyl (C=O) groups excluding carboxylic acids is 2. The monoisotopic (exact) mass is 416 g/mol. The van der Waals surface area contributed by atoms with Gasteiger partial charge in [-0.1, -0.05) is 30.3 Å². The van der Waals surface area contributed by atoms with Crippen molar-refractivity contribution >= 4 is 23.1 Å². The summed E-state index contributed by atoms with van der Waals surface area (Å²) in [5.41, 5.74) is 3.81. The molecule has 2 aromatic heterocycles. The Morgan fingerprint density at radius 1 is 0.935 bits per heavy atom. The van der Waals surface area contributed by atoms with Gasteiger partial charge in [-0.05, 0) is 49.7 Å². The van der Waals surface area contributed by atoms with E-state index in [0.29, 0.717) is 22.5 Å². The maximum atomic E-state index is 14.0. The molecule has 0 saturated carbocycles. The van der Waals surface area contributed by atoms with Crippen molar-refractivity contribution in [2.45, 2.75) is 20.4 Å². The van der Waals surface area contributed by atoms with Crippen molar-refractivity contribution < 1.29 is 14.0 Å². The molecule has 0 aliphatic rings. The van der Waals surface area contributed by atoms with Crippen LogP contribution in [-0.4, -0.2) is 21.2 Å².